The van der Waals surface area contributed by atoms with Crippen LogP contribution in [0, 0.1) is 12.8 Å². The van der Waals surface area contributed by atoms with Crippen LogP contribution in [0.4, 0.5) is 0 Å². The van der Waals surface area contributed by atoms with Crippen LogP contribution in [0.2, 0.25) is 0 Å². The molecule has 1 aromatic heterocycles. The molecule has 5 heteroatoms. The fourth-order valence-corrected chi connectivity index (χ4v) is 2.20. The van der Waals surface area contributed by atoms with Crippen LogP contribution >= 0.6 is 11.6 Å². The summed E-state index contributed by atoms with van der Waals surface area (Å²) in [5, 5.41) is 4.22. The van der Waals surface area contributed by atoms with Gasteiger partial charge in [-0.3, -0.25) is 0 Å². The molecule has 0 aliphatic carbocycles. The molecular weight excluding hydrogens is 274 g/mol. The van der Waals surface area contributed by atoms with Gasteiger partial charge in [0.15, 0.2) is 5.82 Å². The lowest BCUT2D eigenvalue weighted by Gasteiger charge is -2.12. The predicted molar refractivity (Wildman–Crippen MR) is 79.9 cm³/mol. The summed E-state index contributed by atoms with van der Waals surface area (Å²) >= 11 is 5.95. The summed E-state index contributed by atoms with van der Waals surface area (Å²) in [6.07, 6.45) is 1.57. The second-order valence-electron chi connectivity index (χ2n) is 5.29. The second-order valence-corrected chi connectivity index (χ2v) is 5.55. The molecule has 0 aliphatic rings. The molecule has 0 radical (unpaired) electrons. The first-order valence-electron chi connectivity index (χ1n) is 6.75. The number of hydrogen-bond acceptors (Lipinski definition) is 3. The highest BCUT2D eigenvalue weighted by molar-refractivity contribution is 6.17. The van der Waals surface area contributed by atoms with Crippen LogP contribution in [0.25, 0.3) is 0 Å². The maximum Gasteiger partial charge on any atom is 0.164 e. The van der Waals surface area contributed by atoms with Crippen LogP contribution in [0.5, 0.6) is 5.75 Å². The van der Waals surface area contributed by atoms with Gasteiger partial charge in [-0.05, 0) is 18.9 Å². The number of alkyl halides is 1. The zero-order valence-corrected chi connectivity index (χ0v) is 12.9. The topological polar surface area (TPSA) is 39.9 Å². The van der Waals surface area contributed by atoms with Crippen LogP contribution in [0.3, 0.4) is 0 Å². The van der Waals surface area contributed by atoms with Gasteiger partial charge in [-0.15, -0.1) is 11.6 Å². The van der Waals surface area contributed by atoms with Crippen molar-refractivity contribution in [2.75, 3.05) is 0 Å². The molecule has 108 valence electrons. The summed E-state index contributed by atoms with van der Waals surface area (Å²) in [5.41, 5.74) is 2.18. The van der Waals surface area contributed by atoms with E-state index in [1.807, 2.05) is 29.8 Å². The Kier molecular flexibility index (Phi) is 5.01. The summed E-state index contributed by atoms with van der Waals surface area (Å²) in [7, 11) is 0. The molecule has 0 fully saturated rings. The quantitative estimate of drug-likeness (QED) is 0.765. The smallest absolute Gasteiger partial charge is 0.164 e. The van der Waals surface area contributed by atoms with E-state index in [-0.39, 0.29) is 0 Å². The number of ether oxygens (including phenoxy) is 1. The largest absolute Gasteiger partial charge is 0.485 e. The minimum Gasteiger partial charge on any atom is -0.485 e. The maximum atomic E-state index is 5.95. The van der Waals surface area contributed by atoms with Crippen molar-refractivity contribution < 1.29 is 4.74 Å². The molecule has 0 saturated carbocycles. The van der Waals surface area contributed by atoms with Crippen molar-refractivity contribution in [1.29, 1.82) is 0 Å². The third-order valence-electron chi connectivity index (χ3n) is 2.95. The van der Waals surface area contributed by atoms with Gasteiger partial charge in [-0.2, -0.15) is 5.10 Å². The lowest BCUT2D eigenvalue weighted by Crippen LogP contribution is -2.12. The van der Waals surface area contributed by atoms with Crippen molar-refractivity contribution in [2.45, 2.75) is 39.8 Å². The minimum absolute atomic E-state index is 0.402. The van der Waals surface area contributed by atoms with E-state index >= 15 is 0 Å². The Morgan fingerprint density at radius 2 is 2.15 bits per heavy atom. The van der Waals surface area contributed by atoms with Crippen molar-refractivity contribution in [3.05, 3.63) is 41.5 Å². The van der Waals surface area contributed by atoms with E-state index in [2.05, 4.69) is 23.9 Å². The monoisotopic (exact) mass is 293 g/mol. The third kappa shape index (κ3) is 3.73. The number of aryl methyl sites for hydroxylation is 1. The van der Waals surface area contributed by atoms with Gasteiger partial charge in [0.25, 0.3) is 0 Å². The van der Waals surface area contributed by atoms with Gasteiger partial charge >= 0.3 is 0 Å². The normalized spacial score (nSPS) is 11.1. The number of aromatic nitrogens is 3. The highest BCUT2D eigenvalue weighted by atomic mass is 35.5. The number of benzene rings is 1. The second kappa shape index (κ2) is 6.75. The van der Waals surface area contributed by atoms with Crippen molar-refractivity contribution in [2.24, 2.45) is 5.92 Å². The molecule has 0 unspecified atom stereocenters. The van der Waals surface area contributed by atoms with Gasteiger partial charge in [-0.25, -0.2) is 9.67 Å². The van der Waals surface area contributed by atoms with Gasteiger partial charge in [0.2, 0.25) is 0 Å². The average molecular weight is 294 g/mol. The molecule has 0 atom stereocenters. The summed E-state index contributed by atoms with van der Waals surface area (Å²) in [5.74, 6) is 2.60. The van der Waals surface area contributed by atoms with Gasteiger partial charge in [0, 0.05) is 12.1 Å². The van der Waals surface area contributed by atoms with Crippen LogP contribution in [0.15, 0.2) is 24.5 Å². The molecule has 0 saturated heterocycles. The Bertz CT molecular complexity index is 566. The van der Waals surface area contributed by atoms with Crippen LogP contribution < -0.4 is 4.74 Å². The van der Waals surface area contributed by atoms with Crippen molar-refractivity contribution in [3.63, 3.8) is 0 Å². The molecule has 1 heterocycles. The SMILES string of the molecule is Cc1ccc(OCc2ncnn2CC(C)C)c(CCl)c1. The molecule has 0 bridgehead atoms. The molecule has 0 amide bonds. The first-order chi connectivity index (χ1) is 9.60. The lowest BCUT2D eigenvalue weighted by molar-refractivity contribution is 0.280. The van der Waals surface area contributed by atoms with E-state index < -0.39 is 0 Å². The summed E-state index contributed by atoms with van der Waals surface area (Å²) in [4.78, 5) is 4.25. The average Bonchev–Trinajstić information content (AvgIpc) is 2.83. The van der Waals surface area contributed by atoms with E-state index in [4.69, 9.17) is 16.3 Å². The number of rotatable bonds is 6. The van der Waals surface area contributed by atoms with Gasteiger partial charge < -0.3 is 4.74 Å². The molecule has 0 aliphatic heterocycles. The Morgan fingerprint density at radius 3 is 2.85 bits per heavy atom. The molecule has 2 aromatic rings. The van der Waals surface area contributed by atoms with E-state index in [1.165, 1.54) is 5.56 Å². The minimum atomic E-state index is 0.402. The van der Waals surface area contributed by atoms with Crippen LogP contribution in [-0.4, -0.2) is 14.8 Å². The number of hydrogen-bond donors (Lipinski definition) is 0. The fraction of sp³-hybridized carbons (Fsp3) is 0.467. The zero-order chi connectivity index (χ0) is 14.5. The Morgan fingerprint density at radius 1 is 1.35 bits per heavy atom. The molecule has 1 aromatic carbocycles. The first kappa shape index (κ1) is 14.9. The highest BCUT2D eigenvalue weighted by Gasteiger charge is 2.09. The highest BCUT2D eigenvalue weighted by Crippen LogP contribution is 2.22. The van der Waals surface area contributed by atoms with Gasteiger partial charge in [-0.1, -0.05) is 31.5 Å². The number of halogens is 1. The maximum absolute atomic E-state index is 5.95. The molecule has 20 heavy (non-hydrogen) atoms. The summed E-state index contributed by atoms with van der Waals surface area (Å²) < 4.78 is 7.73. The predicted octanol–water partition coefficient (Wildman–Crippen LogP) is 3.56. The Balaban J connectivity index is 2.07. The van der Waals surface area contributed by atoms with Gasteiger partial charge in [0.05, 0.1) is 5.88 Å². The zero-order valence-electron chi connectivity index (χ0n) is 12.1. The number of nitrogens with zero attached hydrogens (tertiary/aromatic N) is 3. The van der Waals surface area contributed by atoms with E-state index in [0.717, 1.165) is 23.7 Å². The molecule has 4 nitrogen and oxygen atoms in total. The van der Waals surface area contributed by atoms with Crippen LogP contribution in [0.1, 0.15) is 30.8 Å². The molecule has 2 rings (SSSR count). The Hall–Kier alpha value is -1.55. The van der Waals surface area contributed by atoms with E-state index in [0.29, 0.717) is 18.4 Å². The molecule has 0 spiro atoms. The third-order valence-corrected chi connectivity index (χ3v) is 3.24. The fourth-order valence-electron chi connectivity index (χ4n) is 1.99. The van der Waals surface area contributed by atoms with E-state index in [1.54, 1.807) is 6.33 Å². The van der Waals surface area contributed by atoms with Crippen molar-refractivity contribution in [3.8, 4) is 5.75 Å². The van der Waals surface area contributed by atoms with Gasteiger partial charge in [0.1, 0.15) is 18.7 Å². The van der Waals surface area contributed by atoms with Crippen molar-refractivity contribution in [1.82, 2.24) is 14.8 Å². The Labute approximate surface area is 124 Å². The standard InChI is InChI=1S/C15H20ClN3O/c1-11(2)8-19-15(17-10-18-19)9-20-14-5-4-12(3)6-13(14)7-16/h4-6,10-11H,7-9H2,1-3H3. The lowest BCUT2D eigenvalue weighted by atomic mass is 10.1. The van der Waals surface area contributed by atoms with Crippen molar-refractivity contribution >= 4 is 11.6 Å². The van der Waals surface area contributed by atoms with E-state index in [9.17, 15) is 0 Å². The summed E-state index contributed by atoms with van der Waals surface area (Å²) in [6, 6.07) is 6.02. The molecule has 0 N–H and O–H groups in total. The first-order valence-corrected chi connectivity index (χ1v) is 7.28. The summed E-state index contributed by atoms with van der Waals surface area (Å²) in [6.45, 7) is 7.59. The van der Waals surface area contributed by atoms with Crippen LogP contribution in [-0.2, 0) is 19.0 Å². The molecular formula is C15H20ClN3O.